The summed E-state index contributed by atoms with van der Waals surface area (Å²) in [5.41, 5.74) is 0.247. The highest BCUT2D eigenvalue weighted by molar-refractivity contribution is 4.92. The lowest BCUT2D eigenvalue weighted by atomic mass is 9.76. The second-order valence-electron chi connectivity index (χ2n) is 5.11. The van der Waals surface area contributed by atoms with E-state index in [1.54, 1.807) is 0 Å². The zero-order chi connectivity index (χ0) is 10.7. The molecule has 0 aromatic heterocycles. The van der Waals surface area contributed by atoms with Gasteiger partial charge in [0.2, 0.25) is 0 Å². The molecule has 0 radical (unpaired) electrons. The van der Waals surface area contributed by atoms with Crippen LogP contribution in [-0.2, 0) is 4.74 Å². The van der Waals surface area contributed by atoms with Crippen molar-refractivity contribution in [2.45, 2.75) is 64.1 Å². The summed E-state index contributed by atoms with van der Waals surface area (Å²) in [6.45, 7) is 7.67. The number of hydrogen-bond acceptors (Lipinski definition) is 2. The molecular weight excluding hydrogens is 174 g/mol. The largest absolute Gasteiger partial charge is 0.369 e. The first-order valence-electron chi connectivity index (χ1n) is 5.88. The average molecular weight is 199 g/mol. The van der Waals surface area contributed by atoms with Gasteiger partial charge >= 0.3 is 0 Å². The van der Waals surface area contributed by atoms with Crippen molar-refractivity contribution < 1.29 is 4.74 Å². The van der Waals surface area contributed by atoms with Crippen molar-refractivity contribution in [3.63, 3.8) is 0 Å². The highest BCUT2D eigenvalue weighted by Crippen LogP contribution is 2.41. The Morgan fingerprint density at radius 2 is 2.00 bits per heavy atom. The summed E-state index contributed by atoms with van der Waals surface area (Å²) in [5.74, 6) is 0. The number of nitrogens with one attached hydrogen (secondary N) is 1. The summed E-state index contributed by atoms with van der Waals surface area (Å²) >= 11 is 0. The molecule has 0 aromatic carbocycles. The van der Waals surface area contributed by atoms with Crippen LogP contribution in [0.1, 0.15) is 52.9 Å². The fourth-order valence-corrected chi connectivity index (χ4v) is 1.99. The van der Waals surface area contributed by atoms with Crippen LogP contribution in [0.3, 0.4) is 0 Å². The van der Waals surface area contributed by atoms with E-state index in [2.05, 4.69) is 26.1 Å². The molecule has 1 N–H and O–H groups in total. The summed E-state index contributed by atoms with van der Waals surface area (Å²) in [5, 5.41) is 3.22. The Kier molecular flexibility index (Phi) is 3.96. The predicted molar refractivity (Wildman–Crippen MR) is 60.6 cm³/mol. The molecule has 0 saturated heterocycles. The predicted octanol–water partition coefficient (Wildman–Crippen LogP) is 2.72. The second kappa shape index (κ2) is 4.63. The number of ether oxygens (including phenoxy) is 1. The van der Waals surface area contributed by atoms with Crippen molar-refractivity contribution in [1.29, 1.82) is 0 Å². The van der Waals surface area contributed by atoms with Gasteiger partial charge < -0.3 is 10.1 Å². The SMILES string of the molecule is CCC(C)(C)OC1(CCNC)CCC1. The molecule has 0 unspecified atom stereocenters. The van der Waals surface area contributed by atoms with Gasteiger partial charge in [0.1, 0.15) is 0 Å². The van der Waals surface area contributed by atoms with Gasteiger partial charge in [-0.1, -0.05) is 6.92 Å². The zero-order valence-electron chi connectivity index (χ0n) is 10.2. The van der Waals surface area contributed by atoms with Crippen LogP contribution in [0.5, 0.6) is 0 Å². The number of rotatable bonds is 6. The molecule has 1 fully saturated rings. The lowest BCUT2D eigenvalue weighted by Gasteiger charge is -2.47. The Bertz CT molecular complexity index is 173. The van der Waals surface area contributed by atoms with Gasteiger partial charge in [0, 0.05) is 0 Å². The molecule has 0 amide bonds. The van der Waals surface area contributed by atoms with Gasteiger partial charge in [-0.25, -0.2) is 0 Å². The Hall–Kier alpha value is -0.0800. The molecule has 2 heteroatoms. The summed E-state index contributed by atoms with van der Waals surface area (Å²) in [6, 6.07) is 0. The van der Waals surface area contributed by atoms with E-state index in [0.717, 1.165) is 19.4 Å². The first-order chi connectivity index (χ1) is 6.54. The van der Waals surface area contributed by atoms with Gasteiger partial charge in [-0.05, 0) is 59.5 Å². The van der Waals surface area contributed by atoms with Crippen LogP contribution in [0, 0.1) is 0 Å². The van der Waals surface area contributed by atoms with Crippen molar-refractivity contribution in [3.05, 3.63) is 0 Å². The smallest absolute Gasteiger partial charge is 0.0702 e. The van der Waals surface area contributed by atoms with Gasteiger partial charge in [0.05, 0.1) is 11.2 Å². The summed E-state index contributed by atoms with van der Waals surface area (Å²) in [6.07, 6.45) is 6.08. The van der Waals surface area contributed by atoms with Gasteiger partial charge in [0.25, 0.3) is 0 Å². The Labute approximate surface area is 88.4 Å². The fraction of sp³-hybridized carbons (Fsp3) is 1.00. The van der Waals surface area contributed by atoms with Crippen molar-refractivity contribution >= 4 is 0 Å². The minimum Gasteiger partial charge on any atom is -0.369 e. The molecule has 0 spiro atoms. The van der Waals surface area contributed by atoms with Gasteiger partial charge in [-0.15, -0.1) is 0 Å². The molecule has 0 atom stereocenters. The van der Waals surface area contributed by atoms with E-state index in [9.17, 15) is 0 Å². The van der Waals surface area contributed by atoms with E-state index >= 15 is 0 Å². The van der Waals surface area contributed by atoms with E-state index in [1.165, 1.54) is 19.3 Å². The van der Waals surface area contributed by atoms with Crippen molar-refractivity contribution in [3.8, 4) is 0 Å². The third-order valence-corrected chi connectivity index (χ3v) is 3.44. The molecular formula is C12H25NO. The first kappa shape index (κ1) is 12.0. The fourth-order valence-electron chi connectivity index (χ4n) is 1.99. The van der Waals surface area contributed by atoms with Crippen LogP contribution in [0.25, 0.3) is 0 Å². The second-order valence-corrected chi connectivity index (χ2v) is 5.11. The molecule has 0 aliphatic heterocycles. The van der Waals surface area contributed by atoms with E-state index in [1.807, 2.05) is 7.05 Å². The normalized spacial score (nSPS) is 20.6. The maximum absolute atomic E-state index is 6.27. The molecule has 1 saturated carbocycles. The van der Waals surface area contributed by atoms with Crippen molar-refractivity contribution in [1.82, 2.24) is 5.32 Å². The molecule has 0 heterocycles. The first-order valence-corrected chi connectivity index (χ1v) is 5.88. The Morgan fingerprint density at radius 1 is 1.36 bits per heavy atom. The monoisotopic (exact) mass is 199 g/mol. The maximum Gasteiger partial charge on any atom is 0.0702 e. The third-order valence-electron chi connectivity index (χ3n) is 3.44. The minimum atomic E-state index is 0.0498. The molecule has 1 aliphatic carbocycles. The standard InChI is InChI=1S/C12H25NO/c1-5-11(2,3)14-12(7-6-8-12)9-10-13-4/h13H,5-10H2,1-4H3. The van der Waals surface area contributed by atoms with E-state index in [-0.39, 0.29) is 11.2 Å². The van der Waals surface area contributed by atoms with Crippen molar-refractivity contribution in [2.75, 3.05) is 13.6 Å². The van der Waals surface area contributed by atoms with Gasteiger partial charge in [-0.3, -0.25) is 0 Å². The topological polar surface area (TPSA) is 21.3 Å². The van der Waals surface area contributed by atoms with Crippen LogP contribution in [0.2, 0.25) is 0 Å². The molecule has 1 aliphatic rings. The Balaban J connectivity index is 2.44. The van der Waals surface area contributed by atoms with Gasteiger partial charge in [-0.2, -0.15) is 0 Å². The summed E-state index contributed by atoms with van der Waals surface area (Å²) in [4.78, 5) is 0. The highest BCUT2D eigenvalue weighted by Gasteiger charge is 2.41. The molecule has 0 aromatic rings. The van der Waals surface area contributed by atoms with Crippen LogP contribution in [0.15, 0.2) is 0 Å². The van der Waals surface area contributed by atoms with Crippen molar-refractivity contribution in [2.24, 2.45) is 0 Å². The third kappa shape index (κ3) is 2.96. The minimum absolute atomic E-state index is 0.0498. The quantitative estimate of drug-likeness (QED) is 0.710. The lowest BCUT2D eigenvalue weighted by molar-refractivity contribution is -0.181. The maximum atomic E-state index is 6.27. The molecule has 0 bridgehead atoms. The van der Waals surface area contributed by atoms with E-state index in [4.69, 9.17) is 4.74 Å². The Morgan fingerprint density at radius 3 is 2.36 bits per heavy atom. The van der Waals surface area contributed by atoms with E-state index in [0.29, 0.717) is 0 Å². The molecule has 1 rings (SSSR count). The van der Waals surface area contributed by atoms with E-state index < -0.39 is 0 Å². The molecule has 2 nitrogen and oxygen atoms in total. The number of hydrogen-bond donors (Lipinski definition) is 1. The lowest BCUT2D eigenvalue weighted by Crippen LogP contribution is -2.47. The molecule has 84 valence electrons. The average Bonchev–Trinajstić information content (AvgIpc) is 2.09. The van der Waals surface area contributed by atoms with Gasteiger partial charge in [0.15, 0.2) is 0 Å². The molecule has 14 heavy (non-hydrogen) atoms. The van der Waals surface area contributed by atoms with Crippen LogP contribution >= 0.6 is 0 Å². The van der Waals surface area contributed by atoms with Crippen LogP contribution in [-0.4, -0.2) is 24.8 Å². The zero-order valence-corrected chi connectivity index (χ0v) is 10.2. The highest BCUT2D eigenvalue weighted by atomic mass is 16.5. The summed E-state index contributed by atoms with van der Waals surface area (Å²) < 4.78 is 6.27. The van der Waals surface area contributed by atoms with Crippen LogP contribution in [0.4, 0.5) is 0 Å². The summed E-state index contributed by atoms with van der Waals surface area (Å²) in [7, 11) is 2.01. The van der Waals surface area contributed by atoms with Crippen LogP contribution < -0.4 is 5.32 Å².